The van der Waals surface area contributed by atoms with Crippen molar-refractivity contribution in [1.29, 1.82) is 0 Å². The van der Waals surface area contributed by atoms with E-state index in [9.17, 15) is 0 Å². The van der Waals surface area contributed by atoms with Gasteiger partial charge in [-0.05, 0) is 116 Å². The maximum absolute atomic E-state index is 4.98. The highest BCUT2D eigenvalue weighted by Gasteiger charge is 2.35. The van der Waals surface area contributed by atoms with Gasteiger partial charge in [-0.25, -0.2) is 9.97 Å². The van der Waals surface area contributed by atoms with Crippen molar-refractivity contribution < 1.29 is 0 Å². The van der Waals surface area contributed by atoms with E-state index in [1.54, 1.807) is 0 Å². The highest BCUT2D eigenvalue weighted by molar-refractivity contribution is 6.12. The lowest BCUT2D eigenvalue weighted by Gasteiger charge is -2.22. The number of benzene rings is 9. The van der Waals surface area contributed by atoms with Crippen LogP contribution in [0.3, 0.4) is 0 Å². The van der Waals surface area contributed by atoms with Gasteiger partial charge in [0.05, 0.1) is 22.1 Å². The molecule has 0 saturated heterocycles. The molecule has 0 unspecified atom stereocenters. The SMILES string of the molecule is CC1(C)c2ccccc2-c2ccc(-n3c4ccccc4c4cc(-c5ccc6c(c5)c5ccccc5n6-c5ncc(-c6ccc(-c7cccc(-c8ccccc8)c7)cc6)cn5)ccc43)cc21. The van der Waals surface area contributed by atoms with Crippen LogP contribution in [0.25, 0.3) is 111 Å². The van der Waals surface area contributed by atoms with Crippen LogP contribution in [0.4, 0.5) is 0 Å². The summed E-state index contributed by atoms with van der Waals surface area (Å²) in [6, 6.07) is 75.0. The van der Waals surface area contributed by atoms with Crippen LogP contribution in [0, 0.1) is 0 Å². The minimum atomic E-state index is -0.0733. The molecule has 0 atom stereocenters. The van der Waals surface area contributed by atoms with Crippen LogP contribution in [-0.2, 0) is 5.41 Å². The Balaban J connectivity index is 0.843. The van der Waals surface area contributed by atoms with Crippen LogP contribution in [0.1, 0.15) is 25.0 Å². The molecule has 0 fully saturated rings. The first-order chi connectivity index (χ1) is 32.0. The van der Waals surface area contributed by atoms with Crippen molar-refractivity contribution in [3.8, 4) is 67.3 Å². The van der Waals surface area contributed by atoms with E-state index in [0.717, 1.165) is 22.2 Å². The lowest BCUT2D eigenvalue weighted by atomic mass is 9.82. The van der Waals surface area contributed by atoms with E-state index < -0.39 is 0 Å². The fourth-order valence-corrected chi connectivity index (χ4v) is 10.6. The van der Waals surface area contributed by atoms with E-state index >= 15 is 0 Å². The molecule has 0 bridgehead atoms. The summed E-state index contributed by atoms with van der Waals surface area (Å²) in [6.07, 6.45) is 3.88. The Morgan fingerprint density at radius 1 is 0.323 bits per heavy atom. The number of rotatable bonds is 6. The molecule has 0 radical (unpaired) electrons. The van der Waals surface area contributed by atoms with E-state index in [1.807, 2.05) is 12.4 Å². The van der Waals surface area contributed by atoms with Crippen LogP contribution in [0.15, 0.2) is 219 Å². The number of para-hydroxylation sites is 2. The molecule has 0 amide bonds. The van der Waals surface area contributed by atoms with Gasteiger partial charge in [-0.15, -0.1) is 0 Å². The highest BCUT2D eigenvalue weighted by Crippen LogP contribution is 2.49. The Morgan fingerprint density at radius 2 is 0.800 bits per heavy atom. The van der Waals surface area contributed by atoms with Crippen molar-refractivity contribution in [1.82, 2.24) is 19.1 Å². The summed E-state index contributed by atoms with van der Waals surface area (Å²) < 4.78 is 4.63. The number of aromatic nitrogens is 4. The molecule has 65 heavy (non-hydrogen) atoms. The molecule has 9 aromatic carbocycles. The molecule has 4 heteroatoms. The summed E-state index contributed by atoms with van der Waals surface area (Å²) in [5.74, 6) is 0.648. The normalized spacial score (nSPS) is 12.9. The van der Waals surface area contributed by atoms with Gasteiger partial charge >= 0.3 is 0 Å². The molecule has 3 heterocycles. The molecule has 13 rings (SSSR count). The van der Waals surface area contributed by atoms with Crippen LogP contribution < -0.4 is 0 Å². The van der Waals surface area contributed by atoms with E-state index in [0.29, 0.717) is 5.95 Å². The molecular weight excluding hydrogens is 789 g/mol. The third kappa shape index (κ3) is 5.84. The quantitative estimate of drug-likeness (QED) is 0.167. The Hall–Kier alpha value is -8.34. The molecule has 0 aliphatic heterocycles. The first kappa shape index (κ1) is 37.2. The third-order valence-electron chi connectivity index (χ3n) is 13.9. The largest absolute Gasteiger partial charge is 0.309 e. The van der Waals surface area contributed by atoms with Gasteiger partial charge in [0.1, 0.15) is 0 Å². The van der Waals surface area contributed by atoms with Gasteiger partial charge in [-0.1, -0.05) is 166 Å². The van der Waals surface area contributed by atoms with Gasteiger partial charge in [0.15, 0.2) is 0 Å². The minimum absolute atomic E-state index is 0.0733. The maximum Gasteiger partial charge on any atom is 0.234 e. The Morgan fingerprint density at radius 3 is 1.48 bits per heavy atom. The smallest absolute Gasteiger partial charge is 0.234 e. The summed E-state index contributed by atoms with van der Waals surface area (Å²) >= 11 is 0. The highest BCUT2D eigenvalue weighted by atomic mass is 15.1. The van der Waals surface area contributed by atoms with Gasteiger partial charge in [-0.2, -0.15) is 0 Å². The summed E-state index contributed by atoms with van der Waals surface area (Å²) in [7, 11) is 0. The number of fused-ring (bicyclic) bond motifs is 9. The van der Waals surface area contributed by atoms with E-state index in [4.69, 9.17) is 9.97 Å². The molecular formula is C61H42N4. The average molecular weight is 831 g/mol. The fourth-order valence-electron chi connectivity index (χ4n) is 10.6. The molecule has 12 aromatic rings. The van der Waals surface area contributed by atoms with Crippen LogP contribution in [0.2, 0.25) is 0 Å². The van der Waals surface area contributed by atoms with Crippen molar-refractivity contribution in [3.63, 3.8) is 0 Å². The number of hydrogen-bond donors (Lipinski definition) is 0. The lowest BCUT2D eigenvalue weighted by Crippen LogP contribution is -2.15. The standard InChI is InChI=1S/C61H42N4/c1-61(2)54-20-9-6-17-48(54)49-30-29-47(36-55(49)61)64-56-21-10-7-18-50(56)52-34-44(27-31-58(52)64)45-28-32-59-53(35-45)51-19-8-11-22-57(51)65(59)60-62-37-46(38-63-60)41-25-23-40(24-26-41)43-16-12-15-42(33-43)39-13-4-3-5-14-39/h3-38H,1-2H3. The second-order valence-corrected chi connectivity index (χ2v) is 17.9. The van der Waals surface area contributed by atoms with Gasteiger partial charge in [0.2, 0.25) is 5.95 Å². The summed E-state index contributed by atoms with van der Waals surface area (Å²) in [6.45, 7) is 4.70. The van der Waals surface area contributed by atoms with Crippen LogP contribution in [0.5, 0.6) is 0 Å². The monoisotopic (exact) mass is 830 g/mol. The fraction of sp³-hybridized carbons (Fsp3) is 0.0492. The number of nitrogens with zero attached hydrogens (tertiary/aromatic N) is 4. The molecule has 0 N–H and O–H groups in total. The van der Waals surface area contributed by atoms with Crippen LogP contribution in [-0.4, -0.2) is 19.1 Å². The second-order valence-electron chi connectivity index (χ2n) is 17.9. The van der Waals surface area contributed by atoms with Crippen molar-refractivity contribution in [2.24, 2.45) is 0 Å². The predicted octanol–water partition coefficient (Wildman–Crippen LogP) is 15.6. The van der Waals surface area contributed by atoms with Gasteiger partial charge in [0.25, 0.3) is 0 Å². The van der Waals surface area contributed by atoms with Crippen molar-refractivity contribution in [2.45, 2.75) is 19.3 Å². The van der Waals surface area contributed by atoms with Gasteiger partial charge < -0.3 is 4.57 Å². The molecule has 1 aliphatic carbocycles. The van der Waals surface area contributed by atoms with Gasteiger partial charge in [-0.3, -0.25) is 4.57 Å². The topological polar surface area (TPSA) is 35.6 Å². The molecule has 306 valence electrons. The van der Waals surface area contributed by atoms with E-state index in [-0.39, 0.29) is 5.41 Å². The Bertz CT molecular complexity index is 3830. The Kier molecular flexibility index (Phi) is 8.22. The van der Waals surface area contributed by atoms with Crippen molar-refractivity contribution in [3.05, 3.63) is 230 Å². The zero-order valence-corrected chi connectivity index (χ0v) is 36.1. The lowest BCUT2D eigenvalue weighted by molar-refractivity contribution is 0.660. The summed E-state index contributed by atoms with van der Waals surface area (Å²) in [4.78, 5) is 9.96. The molecule has 0 saturated carbocycles. The first-order valence-corrected chi connectivity index (χ1v) is 22.4. The third-order valence-corrected chi connectivity index (χ3v) is 13.9. The van der Waals surface area contributed by atoms with Crippen molar-refractivity contribution in [2.75, 3.05) is 0 Å². The van der Waals surface area contributed by atoms with E-state index in [1.165, 1.54) is 93.9 Å². The molecule has 4 nitrogen and oxygen atoms in total. The zero-order chi connectivity index (χ0) is 43.2. The molecule has 1 aliphatic rings. The predicted molar refractivity (Wildman–Crippen MR) is 270 cm³/mol. The molecule has 3 aromatic heterocycles. The minimum Gasteiger partial charge on any atom is -0.309 e. The number of hydrogen-bond acceptors (Lipinski definition) is 2. The maximum atomic E-state index is 4.98. The van der Waals surface area contributed by atoms with Crippen molar-refractivity contribution >= 4 is 43.6 Å². The van der Waals surface area contributed by atoms with Crippen LogP contribution >= 0.6 is 0 Å². The molecule has 0 spiro atoms. The van der Waals surface area contributed by atoms with Gasteiger partial charge in [0, 0.05) is 50.6 Å². The average Bonchev–Trinajstić information content (AvgIpc) is 3.96. The summed E-state index contributed by atoms with van der Waals surface area (Å²) in [5.41, 5.74) is 20.3. The Labute approximate surface area is 377 Å². The first-order valence-electron chi connectivity index (χ1n) is 22.4. The second kappa shape index (κ2) is 14.3. The van der Waals surface area contributed by atoms with E-state index in [2.05, 4.69) is 229 Å². The summed E-state index contributed by atoms with van der Waals surface area (Å²) in [5, 5.41) is 4.82. The zero-order valence-electron chi connectivity index (χ0n) is 36.1.